The maximum absolute atomic E-state index is 13.2. The zero-order valence-corrected chi connectivity index (χ0v) is 14.9. The fraction of sp³-hybridized carbons (Fsp3) is 0.842. The highest BCUT2D eigenvalue weighted by molar-refractivity contribution is 5.99. The predicted octanol–water partition coefficient (Wildman–Crippen LogP) is 1.71. The van der Waals surface area contributed by atoms with E-state index in [4.69, 9.17) is 0 Å². The third-order valence-electron chi connectivity index (χ3n) is 6.68. The molecule has 7 atom stereocenters. The van der Waals surface area contributed by atoms with Gasteiger partial charge in [-0.1, -0.05) is 20.8 Å². The van der Waals surface area contributed by atoms with Crippen molar-refractivity contribution in [2.24, 2.45) is 29.6 Å². The first-order valence-electron chi connectivity index (χ1n) is 9.51. The molecule has 4 fully saturated rings. The molecule has 0 aromatic carbocycles. The molecule has 0 N–H and O–H groups in total. The zero-order valence-electron chi connectivity index (χ0n) is 14.9. The van der Waals surface area contributed by atoms with Crippen LogP contribution in [0, 0.1) is 29.6 Å². The van der Waals surface area contributed by atoms with E-state index in [0.717, 1.165) is 25.7 Å². The smallest absolute Gasteiger partial charge is 0.246 e. The lowest BCUT2D eigenvalue weighted by atomic mass is 9.86. The minimum absolute atomic E-state index is 0.0171. The van der Waals surface area contributed by atoms with Crippen molar-refractivity contribution in [2.75, 3.05) is 13.1 Å². The number of nitrogens with zero attached hydrogens (tertiary/aromatic N) is 2. The Labute approximate surface area is 143 Å². The highest BCUT2D eigenvalue weighted by Gasteiger charge is 2.53. The Morgan fingerprint density at radius 2 is 1.21 bits per heavy atom. The third-order valence-corrected chi connectivity index (χ3v) is 6.68. The topological polar surface area (TPSA) is 57.7 Å². The first kappa shape index (κ1) is 16.1. The van der Waals surface area contributed by atoms with Gasteiger partial charge in [0, 0.05) is 24.9 Å². The fourth-order valence-electron chi connectivity index (χ4n) is 5.61. The fourth-order valence-corrected chi connectivity index (χ4v) is 5.61. The van der Waals surface area contributed by atoms with Crippen molar-refractivity contribution >= 4 is 17.6 Å². The van der Waals surface area contributed by atoms with E-state index in [-0.39, 0.29) is 41.5 Å². The molecule has 0 bridgehead atoms. The number of amides is 2. The van der Waals surface area contributed by atoms with E-state index in [2.05, 4.69) is 20.8 Å². The summed E-state index contributed by atoms with van der Waals surface area (Å²) in [7, 11) is 0. The van der Waals surface area contributed by atoms with Gasteiger partial charge in [0.15, 0.2) is 5.78 Å². The Balaban J connectivity index is 1.76. The summed E-state index contributed by atoms with van der Waals surface area (Å²) in [6, 6.07) is -0.642. The third kappa shape index (κ3) is 2.31. The van der Waals surface area contributed by atoms with Crippen LogP contribution in [0.5, 0.6) is 0 Å². The summed E-state index contributed by atoms with van der Waals surface area (Å²) < 4.78 is 0. The number of fused-ring (bicyclic) bond motifs is 3. The summed E-state index contributed by atoms with van der Waals surface area (Å²) in [6.45, 7) is 7.70. The normalized spacial score (nSPS) is 45.6. The number of hydrogen-bond acceptors (Lipinski definition) is 3. The predicted molar refractivity (Wildman–Crippen MR) is 88.9 cm³/mol. The lowest BCUT2D eigenvalue weighted by molar-refractivity contribution is -0.145. The monoisotopic (exact) mass is 332 g/mol. The molecule has 1 saturated carbocycles. The van der Waals surface area contributed by atoms with Crippen molar-refractivity contribution in [3.05, 3.63) is 0 Å². The molecular weight excluding hydrogens is 304 g/mol. The summed E-state index contributed by atoms with van der Waals surface area (Å²) in [5.41, 5.74) is 0. The highest BCUT2D eigenvalue weighted by atomic mass is 16.2. The van der Waals surface area contributed by atoms with Crippen LogP contribution in [0.15, 0.2) is 0 Å². The molecule has 0 aromatic heterocycles. The van der Waals surface area contributed by atoms with Gasteiger partial charge in [0.1, 0.15) is 6.04 Å². The second-order valence-electron chi connectivity index (χ2n) is 8.89. The first-order valence-corrected chi connectivity index (χ1v) is 9.51. The van der Waals surface area contributed by atoms with Crippen LogP contribution in [0.1, 0.15) is 46.5 Å². The Morgan fingerprint density at radius 3 is 1.88 bits per heavy atom. The molecule has 0 spiro atoms. The molecule has 3 aliphatic heterocycles. The minimum Gasteiger partial charge on any atom is -0.331 e. The van der Waals surface area contributed by atoms with E-state index in [1.54, 1.807) is 0 Å². The van der Waals surface area contributed by atoms with Crippen LogP contribution in [-0.2, 0) is 14.4 Å². The van der Waals surface area contributed by atoms with Crippen molar-refractivity contribution in [1.29, 1.82) is 0 Å². The van der Waals surface area contributed by atoms with Crippen molar-refractivity contribution < 1.29 is 14.4 Å². The van der Waals surface area contributed by atoms with Crippen LogP contribution in [0.4, 0.5) is 0 Å². The minimum atomic E-state index is -0.345. The van der Waals surface area contributed by atoms with Crippen LogP contribution in [-0.4, -0.2) is 52.6 Å². The standard InChI is InChI=1S/C19H28N2O3/c1-10-4-13-14(5-10)18(23)21-9-12(3)7-16(21)19(24)20-8-11(2)6-15(20)17(13)22/h10-16H,4-9H2,1-3H3. The van der Waals surface area contributed by atoms with Crippen LogP contribution in [0.25, 0.3) is 0 Å². The van der Waals surface area contributed by atoms with E-state index in [0.29, 0.717) is 30.8 Å². The largest absolute Gasteiger partial charge is 0.331 e. The maximum atomic E-state index is 13.2. The molecule has 4 rings (SSSR count). The summed E-state index contributed by atoms with van der Waals surface area (Å²) in [4.78, 5) is 43.2. The molecule has 7 unspecified atom stereocenters. The second-order valence-corrected chi connectivity index (χ2v) is 8.89. The molecule has 3 saturated heterocycles. The average molecular weight is 332 g/mol. The van der Waals surface area contributed by atoms with Gasteiger partial charge in [-0.15, -0.1) is 0 Å². The van der Waals surface area contributed by atoms with Gasteiger partial charge < -0.3 is 9.80 Å². The molecule has 0 aromatic rings. The van der Waals surface area contributed by atoms with Gasteiger partial charge in [0.05, 0.1) is 6.04 Å². The van der Waals surface area contributed by atoms with Crippen molar-refractivity contribution in [3.8, 4) is 0 Å². The van der Waals surface area contributed by atoms with Gasteiger partial charge >= 0.3 is 0 Å². The molecule has 5 nitrogen and oxygen atoms in total. The summed E-state index contributed by atoms with van der Waals surface area (Å²) in [5.74, 6) is 0.976. The quantitative estimate of drug-likeness (QED) is 0.678. The Bertz CT molecular complexity index is 466. The van der Waals surface area contributed by atoms with Crippen LogP contribution in [0.2, 0.25) is 0 Å². The molecule has 5 heteroatoms. The van der Waals surface area contributed by atoms with E-state index < -0.39 is 0 Å². The van der Waals surface area contributed by atoms with Crippen LogP contribution >= 0.6 is 0 Å². The number of carbonyl (C=O) groups excluding carboxylic acids is 3. The maximum Gasteiger partial charge on any atom is 0.246 e. The average Bonchev–Trinajstić information content (AvgIpc) is 3.21. The zero-order chi connectivity index (χ0) is 17.2. The summed E-state index contributed by atoms with van der Waals surface area (Å²) >= 11 is 0. The lowest BCUT2D eigenvalue weighted by Crippen LogP contribution is -2.50. The number of ketones is 1. The molecule has 24 heavy (non-hydrogen) atoms. The van der Waals surface area contributed by atoms with Gasteiger partial charge in [-0.25, -0.2) is 0 Å². The molecule has 3 heterocycles. The Kier molecular flexibility index (Phi) is 3.73. The van der Waals surface area contributed by atoms with Gasteiger partial charge in [-0.2, -0.15) is 0 Å². The number of rotatable bonds is 0. The number of carbonyl (C=O) groups is 3. The first-order chi connectivity index (χ1) is 11.4. The SMILES string of the molecule is CC1CC2C(=O)C3CC(C)CN3C(=O)C3CC(C)CN3C(=O)C2C1. The number of hydrogen-bond donors (Lipinski definition) is 0. The van der Waals surface area contributed by atoms with E-state index in [1.807, 2.05) is 9.80 Å². The molecule has 4 aliphatic rings. The van der Waals surface area contributed by atoms with E-state index in [1.165, 1.54) is 0 Å². The summed E-state index contributed by atoms with van der Waals surface area (Å²) in [6.07, 6.45) is 3.10. The van der Waals surface area contributed by atoms with Gasteiger partial charge in [0.25, 0.3) is 0 Å². The number of Topliss-reactive ketones (excluding diaryl/α,β-unsaturated/α-hetero) is 1. The van der Waals surface area contributed by atoms with E-state index in [9.17, 15) is 14.4 Å². The lowest BCUT2D eigenvalue weighted by Gasteiger charge is -2.29. The molecule has 0 radical (unpaired) electrons. The second kappa shape index (κ2) is 5.57. The van der Waals surface area contributed by atoms with Crippen LogP contribution in [0.3, 0.4) is 0 Å². The van der Waals surface area contributed by atoms with Crippen molar-refractivity contribution in [2.45, 2.75) is 58.5 Å². The van der Waals surface area contributed by atoms with Crippen molar-refractivity contribution in [3.63, 3.8) is 0 Å². The van der Waals surface area contributed by atoms with E-state index >= 15 is 0 Å². The van der Waals surface area contributed by atoms with Gasteiger partial charge in [0.2, 0.25) is 11.8 Å². The van der Waals surface area contributed by atoms with Crippen molar-refractivity contribution in [1.82, 2.24) is 9.80 Å². The van der Waals surface area contributed by atoms with Gasteiger partial charge in [-0.3, -0.25) is 14.4 Å². The molecule has 1 aliphatic carbocycles. The Morgan fingerprint density at radius 1 is 0.667 bits per heavy atom. The molecular formula is C19H28N2O3. The highest BCUT2D eigenvalue weighted by Crippen LogP contribution is 2.43. The Hall–Kier alpha value is -1.39. The molecule has 2 amide bonds. The van der Waals surface area contributed by atoms with Gasteiger partial charge in [-0.05, 0) is 43.4 Å². The van der Waals surface area contributed by atoms with Crippen LogP contribution < -0.4 is 0 Å². The summed E-state index contributed by atoms with van der Waals surface area (Å²) in [5, 5.41) is 0. The molecule has 132 valence electrons.